The standard InChI is InChI=1S/C17H33NOS/c1-16(2,3)13-7-8-15(19)18(10-9-13)11-14(12-20)17(4,5)6/h13-14,20H,7-12H2,1-6H3. The average molecular weight is 300 g/mol. The van der Waals surface area contributed by atoms with E-state index in [9.17, 15) is 4.79 Å². The van der Waals surface area contributed by atoms with Crippen LogP contribution >= 0.6 is 12.6 Å². The van der Waals surface area contributed by atoms with Gasteiger partial charge in [-0.2, -0.15) is 12.6 Å². The zero-order chi connectivity index (χ0) is 15.6. The van der Waals surface area contributed by atoms with E-state index in [1.807, 2.05) is 0 Å². The first-order valence-electron chi connectivity index (χ1n) is 7.94. The number of carbonyl (C=O) groups is 1. The van der Waals surface area contributed by atoms with Gasteiger partial charge in [-0.25, -0.2) is 0 Å². The van der Waals surface area contributed by atoms with Crippen molar-refractivity contribution in [3.8, 4) is 0 Å². The summed E-state index contributed by atoms with van der Waals surface area (Å²) in [5.41, 5.74) is 0.515. The van der Waals surface area contributed by atoms with E-state index in [0.29, 0.717) is 29.6 Å². The SMILES string of the molecule is CC(C)(C)C1CCC(=O)N(CC(CS)C(C)(C)C)CC1. The van der Waals surface area contributed by atoms with Crippen molar-refractivity contribution in [3.05, 3.63) is 0 Å². The number of likely N-dealkylation sites (tertiary alicyclic amines) is 1. The van der Waals surface area contributed by atoms with Gasteiger partial charge < -0.3 is 4.90 Å². The van der Waals surface area contributed by atoms with Crippen LogP contribution in [-0.4, -0.2) is 29.6 Å². The maximum Gasteiger partial charge on any atom is 0.222 e. The Hall–Kier alpha value is -0.180. The molecule has 0 saturated carbocycles. The molecular weight excluding hydrogens is 266 g/mol. The molecule has 0 aromatic rings. The molecule has 0 aromatic carbocycles. The third-order valence-corrected chi connectivity index (χ3v) is 5.36. The van der Waals surface area contributed by atoms with E-state index in [0.717, 1.165) is 31.7 Å². The first-order chi connectivity index (χ1) is 9.05. The highest BCUT2D eigenvalue weighted by atomic mass is 32.1. The van der Waals surface area contributed by atoms with E-state index >= 15 is 0 Å². The summed E-state index contributed by atoms with van der Waals surface area (Å²) in [6, 6.07) is 0. The van der Waals surface area contributed by atoms with Crippen LogP contribution in [0.1, 0.15) is 60.8 Å². The van der Waals surface area contributed by atoms with E-state index in [-0.39, 0.29) is 5.41 Å². The maximum atomic E-state index is 12.4. The number of rotatable bonds is 3. The van der Waals surface area contributed by atoms with E-state index in [1.165, 1.54) is 0 Å². The van der Waals surface area contributed by atoms with Gasteiger partial charge in [0.1, 0.15) is 0 Å². The molecule has 0 bridgehead atoms. The first-order valence-corrected chi connectivity index (χ1v) is 8.57. The Bertz CT molecular complexity index is 327. The first kappa shape index (κ1) is 17.9. The lowest BCUT2D eigenvalue weighted by Crippen LogP contribution is -2.40. The van der Waals surface area contributed by atoms with Crippen LogP contribution in [0.25, 0.3) is 0 Å². The van der Waals surface area contributed by atoms with E-state index in [1.54, 1.807) is 0 Å². The Morgan fingerprint density at radius 3 is 2.25 bits per heavy atom. The molecule has 1 rings (SSSR count). The molecule has 0 aromatic heterocycles. The lowest BCUT2D eigenvalue weighted by atomic mass is 9.76. The zero-order valence-corrected chi connectivity index (χ0v) is 15.1. The Morgan fingerprint density at radius 1 is 1.20 bits per heavy atom. The van der Waals surface area contributed by atoms with Gasteiger partial charge in [-0.05, 0) is 41.3 Å². The molecule has 2 nitrogen and oxygen atoms in total. The van der Waals surface area contributed by atoms with Gasteiger partial charge in [0.05, 0.1) is 0 Å². The summed E-state index contributed by atoms with van der Waals surface area (Å²) in [5, 5.41) is 0. The summed E-state index contributed by atoms with van der Waals surface area (Å²) in [6.45, 7) is 15.4. The van der Waals surface area contributed by atoms with Crippen LogP contribution in [0.15, 0.2) is 0 Å². The second-order valence-corrected chi connectivity index (χ2v) is 8.84. The number of nitrogens with zero attached hydrogens (tertiary/aromatic N) is 1. The fourth-order valence-corrected chi connectivity index (χ4v) is 3.63. The normalized spacial score (nSPS) is 23.6. The van der Waals surface area contributed by atoms with Crippen molar-refractivity contribution in [2.75, 3.05) is 18.8 Å². The molecule has 0 aliphatic carbocycles. The van der Waals surface area contributed by atoms with E-state index < -0.39 is 0 Å². The fourth-order valence-electron chi connectivity index (χ4n) is 2.97. The van der Waals surface area contributed by atoms with Crippen molar-refractivity contribution >= 4 is 18.5 Å². The Balaban J connectivity index is 2.70. The molecule has 118 valence electrons. The molecule has 3 heteroatoms. The van der Waals surface area contributed by atoms with Gasteiger partial charge in [0.15, 0.2) is 0 Å². The van der Waals surface area contributed by atoms with Crippen LogP contribution in [0.3, 0.4) is 0 Å². The van der Waals surface area contributed by atoms with Gasteiger partial charge in [-0.1, -0.05) is 41.5 Å². The minimum Gasteiger partial charge on any atom is -0.342 e. The van der Waals surface area contributed by atoms with Gasteiger partial charge in [-0.15, -0.1) is 0 Å². The highest BCUT2D eigenvalue weighted by Gasteiger charge is 2.32. The van der Waals surface area contributed by atoms with Crippen molar-refractivity contribution in [3.63, 3.8) is 0 Å². The summed E-state index contributed by atoms with van der Waals surface area (Å²) in [5.74, 6) is 2.30. The second kappa shape index (κ2) is 6.72. The monoisotopic (exact) mass is 299 g/mol. The topological polar surface area (TPSA) is 20.3 Å². The third-order valence-electron chi connectivity index (χ3n) is 4.92. The maximum absolute atomic E-state index is 12.4. The lowest BCUT2D eigenvalue weighted by molar-refractivity contribution is -0.131. The molecule has 2 atom stereocenters. The quantitative estimate of drug-likeness (QED) is 0.772. The summed E-state index contributed by atoms with van der Waals surface area (Å²) >= 11 is 4.49. The molecule has 2 unspecified atom stereocenters. The van der Waals surface area contributed by atoms with E-state index in [4.69, 9.17) is 0 Å². The molecule has 1 aliphatic rings. The third kappa shape index (κ3) is 4.98. The van der Waals surface area contributed by atoms with Gasteiger partial charge in [0, 0.05) is 19.5 Å². The number of thiol groups is 1. The van der Waals surface area contributed by atoms with Gasteiger partial charge in [-0.3, -0.25) is 4.79 Å². The molecule has 0 spiro atoms. The average Bonchev–Trinajstić information content (AvgIpc) is 2.46. The van der Waals surface area contributed by atoms with Crippen LogP contribution in [0, 0.1) is 22.7 Å². The van der Waals surface area contributed by atoms with E-state index in [2.05, 4.69) is 59.1 Å². The summed E-state index contributed by atoms with van der Waals surface area (Å²) in [6.07, 6.45) is 2.89. The zero-order valence-electron chi connectivity index (χ0n) is 14.2. The number of carbonyl (C=O) groups excluding carboxylic acids is 1. The minimum absolute atomic E-state index is 0.206. The van der Waals surface area contributed by atoms with Gasteiger partial charge in [0.25, 0.3) is 0 Å². The van der Waals surface area contributed by atoms with Crippen molar-refractivity contribution in [1.82, 2.24) is 4.90 Å². The number of amides is 1. The van der Waals surface area contributed by atoms with Crippen LogP contribution in [0.4, 0.5) is 0 Å². The summed E-state index contributed by atoms with van der Waals surface area (Å²) in [7, 11) is 0. The lowest BCUT2D eigenvalue weighted by Gasteiger charge is -2.34. The van der Waals surface area contributed by atoms with Crippen molar-refractivity contribution in [2.45, 2.75) is 60.8 Å². The van der Waals surface area contributed by atoms with Crippen LogP contribution < -0.4 is 0 Å². The molecule has 1 aliphatic heterocycles. The molecule has 0 N–H and O–H groups in total. The Kier molecular flexibility index (Phi) is 6.01. The highest BCUT2D eigenvalue weighted by Crippen LogP contribution is 2.35. The number of hydrogen-bond acceptors (Lipinski definition) is 2. The Morgan fingerprint density at radius 2 is 1.80 bits per heavy atom. The molecular formula is C17H33NOS. The predicted octanol–water partition coefficient (Wildman–Crippen LogP) is 4.25. The fraction of sp³-hybridized carbons (Fsp3) is 0.941. The van der Waals surface area contributed by atoms with Crippen LogP contribution in [-0.2, 0) is 4.79 Å². The largest absolute Gasteiger partial charge is 0.342 e. The summed E-state index contributed by atoms with van der Waals surface area (Å²) < 4.78 is 0. The summed E-state index contributed by atoms with van der Waals surface area (Å²) in [4.78, 5) is 14.5. The van der Waals surface area contributed by atoms with Crippen molar-refractivity contribution in [2.24, 2.45) is 22.7 Å². The van der Waals surface area contributed by atoms with Gasteiger partial charge in [0.2, 0.25) is 5.91 Å². The van der Waals surface area contributed by atoms with Crippen LogP contribution in [0.5, 0.6) is 0 Å². The minimum atomic E-state index is 0.206. The molecule has 0 radical (unpaired) electrons. The smallest absolute Gasteiger partial charge is 0.222 e. The molecule has 1 fully saturated rings. The second-order valence-electron chi connectivity index (χ2n) is 8.48. The van der Waals surface area contributed by atoms with Crippen LogP contribution in [0.2, 0.25) is 0 Å². The van der Waals surface area contributed by atoms with Crippen molar-refractivity contribution in [1.29, 1.82) is 0 Å². The van der Waals surface area contributed by atoms with Crippen molar-refractivity contribution < 1.29 is 4.79 Å². The van der Waals surface area contributed by atoms with Gasteiger partial charge >= 0.3 is 0 Å². The number of hydrogen-bond donors (Lipinski definition) is 1. The highest BCUT2D eigenvalue weighted by molar-refractivity contribution is 7.80. The predicted molar refractivity (Wildman–Crippen MR) is 90.2 cm³/mol. The molecule has 1 heterocycles. The molecule has 1 saturated heterocycles. The Labute approximate surface area is 131 Å². The molecule has 1 amide bonds. The molecule has 20 heavy (non-hydrogen) atoms.